The number of nitrogens with zero attached hydrogens (tertiary/aromatic N) is 1. The van der Waals surface area contributed by atoms with Crippen molar-refractivity contribution in [1.29, 1.82) is 5.26 Å². The number of thiophene rings is 1. The lowest BCUT2D eigenvalue weighted by atomic mass is 10.2. The number of nitriles is 1. The Labute approximate surface area is 144 Å². The van der Waals surface area contributed by atoms with E-state index >= 15 is 0 Å². The van der Waals surface area contributed by atoms with Gasteiger partial charge in [-0.1, -0.05) is 30.3 Å². The van der Waals surface area contributed by atoms with Crippen molar-refractivity contribution in [1.82, 2.24) is 0 Å². The molecule has 24 heavy (non-hydrogen) atoms. The fourth-order valence-corrected chi connectivity index (χ4v) is 3.09. The van der Waals surface area contributed by atoms with Crippen LogP contribution in [-0.4, -0.2) is 5.91 Å². The molecular formula is C20H14N2OS. The number of hydrogen-bond acceptors (Lipinski definition) is 3. The van der Waals surface area contributed by atoms with Crippen molar-refractivity contribution >= 4 is 29.0 Å². The molecule has 0 spiro atoms. The minimum absolute atomic E-state index is 0.200. The molecule has 0 aliphatic carbocycles. The van der Waals surface area contributed by atoms with E-state index in [1.165, 1.54) is 16.5 Å². The molecule has 0 atom stereocenters. The summed E-state index contributed by atoms with van der Waals surface area (Å²) >= 11 is 1.64. The zero-order chi connectivity index (χ0) is 16.8. The molecule has 1 heterocycles. The fraction of sp³-hybridized carbons (Fsp3) is 0. The molecule has 0 aliphatic rings. The average Bonchev–Trinajstić information content (AvgIpc) is 3.10. The van der Waals surface area contributed by atoms with Gasteiger partial charge in [0.15, 0.2) is 0 Å². The molecule has 3 aromatic rings. The predicted molar refractivity (Wildman–Crippen MR) is 98.6 cm³/mol. The molecule has 0 bridgehead atoms. The molecule has 0 radical (unpaired) electrons. The highest BCUT2D eigenvalue weighted by molar-refractivity contribution is 7.16. The normalized spacial score (nSPS) is 10.5. The monoisotopic (exact) mass is 330 g/mol. The summed E-state index contributed by atoms with van der Waals surface area (Å²) in [7, 11) is 0. The van der Waals surface area contributed by atoms with Crippen LogP contribution >= 0.6 is 11.3 Å². The van der Waals surface area contributed by atoms with Crippen LogP contribution in [-0.2, 0) is 4.79 Å². The van der Waals surface area contributed by atoms with Gasteiger partial charge in [-0.25, -0.2) is 0 Å². The third-order valence-corrected chi connectivity index (χ3v) is 4.47. The molecule has 2 aromatic carbocycles. The number of nitrogens with one attached hydrogen (secondary N) is 1. The second-order valence-corrected chi connectivity index (χ2v) is 6.20. The van der Waals surface area contributed by atoms with Crippen molar-refractivity contribution in [3.63, 3.8) is 0 Å². The lowest BCUT2D eigenvalue weighted by molar-refractivity contribution is -0.111. The standard InChI is InChI=1S/C20H14N2OS/c21-14-15-6-8-17(9-7-15)22-20(23)13-11-18-10-12-19(24-18)16-4-2-1-3-5-16/h1-13H,(H,22,23)/b13-11+. The van der Waals surface area contributed by atoms with Gasteiger partial charge in [0.2, 0.25) is 5.91 Å². The van der Waals surface area contributed by atoms with Gasteiger partial charge in [-0.3, -0.25) is 4.79 Å². The van der Waals surface area contributed by atoms with Gasteiger partial charge in [0, 0.05) is 21.5 Å². The first-order chi connectivity index (χ1) is 11.7. The first kappa shape index (κ1) is 15.7. The van der Waals surface area contributed by atoms with Gasteiger partial charge >= 0.3 is 0 Å². The topological polar surface area (TPSA) is 52.9 Å². The molecule has 4 heteroatoms. The quantitative estimate of drug-likeness (QED) is 0.689. The third kappa shape index (κ3) is 3.97. The van der Waals surface area contributed by atoms with Crippen LogP contribution in [0.5, 0.6) is 0 Å². The Bertz CT molecular complexity index is 903. The maximum atomic E-state index is 12.0. The first-order valence-corrected chi connectivity index (χ1v) is 8.21. The largest absolute Gasteiger partial charge is 0.323 e. The number of hydrogen-bond donors (Lipinski definition) is 1. The molecule has 116 valence electrons. The predicted octanol–water partition coefficient (Wildman–Crippen LogP) is 4.94. The maximum Gasteiger partial charge on any atom is 0.248 e. The zero-order valence-electron chi connectivity index (χ0n) is 12.8. The number of carbonyl (C=O) groups excluding carboxylic acids is 1. The van der Waals surface area contributed by atoms with E-state index in [2.05, 4.69) is 23.5 Å². The Hall–Kier alpha value is -3.16. The van der Waals surface area contributed by atoms with Crippen LogP contribution in [0.4, 0.5) is 5.69 Å². The lowest BCUT2D eigenvalue weighted by Gasteiger charge is -2.01. The molecule has 3 rings (SSSR count). The Morgan fingerprint density at radius 3 is 2.46 bits per heavy atom. The smallest absolute Gasteiger partial charge is 0.248 e. The number of anilines is 1. The highest BCUT2D eigenvalue weighted by atomic mass is 32.1. The molecule has 0 saturated heterocycles. The summed E-state index contributed by atoms with van der Waals surface area (Å²) in [5.41, 5.74) is 2.40. The number of rotatable bonds is 4. The van der Waals surface area contributed by atoms with E-state index in [0.29, 0.717) is 11.3 Å². The van der Waals surface area contributed by atoms with Crippen molar-refractivity contribution in [2.45, 2.75) is 0 Å². The second kappa shape index (κ2) is 7.40. The SMILES string of the molecule is N#Cc1ccc(NC(=O)/C=C/c2ccc(-c3ccccc3)s2)cc1. The molecule has 1 aromatic heterocycles. The maximum absolute atomic E-state index is 12.0. The Kier molecular flexibility index (Phi) is 4.85. The average molecular weight is 330 g/mol. The van der Waals surface area contributed by atoms with E-state index in [-0.39, 0.29) is 5.91 Å². The second-order valence-electron chi connectivity index (χ2n) is 5.08. The summed E-state index contributed by atoms with van der Waals surface area (Å²) in [6, 6.07) is 23.0. The minimum atomic E-state index is -0.200. The summed E-state index contributed by atoms with van der Waals surface area (Å²) in [5, 5.41) is 11.5. The van der Waals surface area contributed by atoms with Crippen LogP contribution in [0.25, 0.3) is 16.5 Å². The lowest BCUT2D eigenvalue weighted by Crippen LogP contribution is -2.07. The van der Waals surface area contributed by atoms with E-state index in [4.69, 9.17) is 5.26 Å². The number of carbonyl (C=O) groups is 1. The first-order valence-electron chi connectivity index (χ1n) is 7.39. The van der Waals surface area contributed by atoms with Gasteiger partial charge < -0.3 is 5.32 Å². The summed E-state index contributed by atoms with van der Waals surface area (Å²) in [6.07, 6.45) is 3.31. The van der Waals surface area contributed by atoms with E-state index in [1.807, 2.05) is 30.3 Å². The highest BCUT2D eigenvalue weighted by Gasteiger charge is 2.02. The summed E-state index contributed by atoms with van der Waals surface area (Å²) in [5.74, 6) is -0.200. The summed E-state index contributed by atoms with van der Waals surface area (Å²) in [4.78, 5) is 14.1. The van der Waals surface area contributed by atoms with Crippen LogP contribution in [0.15, 0.2) is 72.8 Å². The third-order valence-electron chi connectivity index (χ3n) is 3.37. The molecule has 1 amide bonds. The molecule has 0 fully saturated rings. The van der Waals surface area contributed by atoms with Gasteiger partial charge in [0.05, 0.1) is 11.6 Å². The molecular weight excluding hydrogens is 316 g/mol. The molecule has 0 saturated carbocycles. The van der Waals surface area contributed by atoms with Crippen LogP contribution < -0.4 is 5.32 Å². The Balaban J connectivity index is 1.64. The molecule has 0 unspecified atom stereocenters. The summed E-state index contributed by atoms with van der Waals surface area (Å²) < 4.78 is 0. The highest BCUT2D eigenvalue weighted by Crippen LogP contribution is 2.28. The van der Waals surface area contributed by atoms with Crippen LogP contribution in [0.3, 0.4) is 0 Å². The fourth-order valence-electron chi connectivity index (χ4n) is 2.17. The van der Waals surface area contributed by atoms with Gasteiger partial charge in [-0.15, -0.1) is 11.3 Å². The van der Waals surface area contributed by atoms with Gasteiger partial charge in [-0.05, 0) is 48.0 Å². The molecule has 0 aliphatic heterocycles. The Morgan fingerprint density at radius 2 is 1.75 bits per heavy atom. The van der Waals surface area contributed by atoms with E-state index in [9.17, 15) is 4.79 Å². The van der Waals surface area contributed by atoms with Crippen molar-refractivity contribution in [2.75, 3.05) is 5.32 Å². The van der Waals surface area contributed by atoms with Crippen molar-refractivity contribution < 1.29 is 4.79 Å². The van der Waals surface area contributed by atoms with Crippen molar-refractivity contribution in [3.05, 3.63) is 83.2 Å². The molecule has 1 N–H and O–H groups in total. The summed E-state index contributed by atoms with van der Waals surface area (Å²) in [6.45, 7) is 0. The van der Waals surface area contributed by atoms with E-state index < -0.39 is 0 Å². The van der Waals surface area contributed by atoms with E-state index in [0.717, 1.165) is 4.88 Å². The van der Waals surface area contributed by atoms with Crippen molar-refractivity contribution in [3.8, 4) is 16.5 Å². The van der Waals surface area contributed by atoms with Crippen LogP contribution in [0.2, 0.25) is 0 Å². The van der Waals surface area contributed by atoms with Crippen LogP contribution in [0.1, 0.15) is 10.4 Å². The van der Waals surface area contributed by atoms with Gasteiger partial charge in [0.25, 0.3) is 0 Å². The number of amides is 1. The van der Waals surface area contributed by atoms with Crippen molar-refractivity contribution in [2.24, 2.45) is 0 Å². The van der Waals surface area contributed by atoms with Gasteiger partial charge in [0.1, 0.15) is 0 Å². The number of benzene rings is 2. The molecule has 3 nitrogen and oxygen atoms in total. The van der Waals surface area contributed by atoms with E-state index in [1.54, 1.807) is 41.7 Å². The van der Waals surface area contributed by atoms with Crippen LogP contribution in [0, 0.1) is 11.3 Å². The Morgan fingerprint density at radius 1 is 1.00 bits per heavy atom. The van der Waals surface area contributed by atoms with Gasteiger partial charge in [-0.2, -0.15) is 5.26 Å². The zero-order valence-corrected chi connectivity index (χ0v) is 13.6. The minimum Gasteiger partial charge on any atom is -0.323 e.